The predicted molar refractivity (Wildman–Crippen MR) is 98.1 cm³/mol. The van der Waals surface area contributed by atoms with Gasteiger partial charge in [-0.05, 0) is 42.8 Å². The van der Waals surface area contributed by atoms with Crippen LogP contribution in [0.3, 0.4) is 0 Å². The summed E-state index contributed by atoms with van der Waals surface area (Å²) in [7, 11) is 0. The SMILES string of the molecule is Nc1ccc(C(=O)NC(=O)NCCCN2C(=O)c3ccccc3C2=O)cc1. The Hall–Kier alpha value is -3.68. The van der Waals surface area contributed by atoms with E-state index in [1.54, 1.807) is 36.4 Å². The molecule has 8 heteroatoms. The first kappa shape index (κ1) is 18.1. The molecule has 1 heterocycles. The lowest BCUT2D eigenvalue weighted by Gasteiger charge is -2.14. The van der Waals surface area contributed by atoms with Gasteiger partial charge < -0.3 is 11.1 Å². The van der Waals surface area contributed by atoms with Gasteiger partial charge in [0.1, 0.15) is 0 Å². The molecule has 1 aliphatic rings. The summed E-state index contributed by atoms with van der Waals surface area (Å²) in [5.41, 5.74) is 7.16. The first-order valence-corrected chi connectivity index (χ1v) is 8.37. The summed E-state index contributed by atoms with van der Waals surface area (Å²) < 4.78 is 0. The molecule has 0 saturated carbocycles. The van der Waals surface area contributed by atoms with Crippen molar-refractivity contribution in [2.24, 2.45) is 0 Å². The second kappa shape index (κ2) is 7.69. The van der Waals surface area contributed by atoms with Gasteiger partial charge in [-0.15, -0.1) is 0 Å². The Morgan fingerprint density at radius 1 is 0.926 bits per heavy atom. The molecule has 0 spiro atoms. The van der Waals surface area contributed by atoms with Crippen LogP contribution >= 0.6 is 0 Å². The number of fused-ring (bicyclic) bond motifs is 1. The fourth-order valence-electron chi connectivity index (χ4n) is 2.74. The van der Waals surface area contributed by atoms with Crippen LogP contribution in [-0.2, 0) is 0 Å². The molecule has 0 bridgehead atoms. The highest BCUT2D eigenvalue weighted by molar-refractivity contribution is 6.21. The van der Waals surface area contributed by atoms with Crippen molar-refractivity contribution in [2.75, 3.05) is 18.8 Å². The predicted octanol–water partition coefficient (Wildman–Crippen LogP) is 1.39. The van der Waals surface area contributed by atoms with Crippen molar-refractivity contribution in [1.82, 2.24) is 15.5 Å². The van der Waals surface area contributed by atoms with Gasteiger partial charge in [0.15, 0.2) is 0 Å². The Bertz CT molecular complexity index is 873. The summed E-state index contributed by atoms with van der Waals surface area (Å²) in [4.78, 5) is 49.3. The number of amides is 5. The van der Waals surface area contributed by atoms with E-state index < -0.39 is 11.9 Å². The maximum atomic E-state index is 12.2. The number of hydrogen-bond acceptors (Lipinski definition) is 5. The topological polar surface area (TPSA) is 122 Å². The van der Waals surface area contributed by atoms with Gasteiger partial charge >= 0.3 is 6.03 Å². The number of rotatable bonds is 5. The molecule has 0 aromatic heterocycles. The van der Waals surface area contributed by atoms with Crippen LogP contribution in [0.2, 0.25) is 0 Å². The number of carbonyl (C=O) groups excluding carboxylic acids is 4. The number of nitrogens with two attached hydrogens (primary N) is 1. The summed E-state index contributed by atoms with van der Waals surface area (Å²) in [6.07, 6.45) is 0.370. The van der Waals surface area contributed by atoms with Gasteiger partial charge in [-0.1, -0.05) is 12.1 Å². The molecule has 0 unspecified atom stereocenters. The fraction of sp³-hybridized carbons (Fsp3) is 0.158. The smallest absolute Gasteiger partial charge is 0.321 e. The van der Waals surface area contributed by atoms with Crippen molar-refractivity contribution in [1.29, 1.82) is 0 Å². The molecule has 1 aliphatic heterocycles. The van der Waals surface area contributed by atoms with E-state index in [1.807, 2.05) is 0 Å². The maximum Gasteiger partial charge on any atom is 0.321 e. The monoisotopic (exact) mass is 366 g/mol. The molecule has 8 nitrogen and oxygen atoms in total. The number of nitrogens with one attached hydrogen (secondary N) is 2. The van der Waals surface area contributed by atoms with Gasteiger partial charge in [0.25, 0.3) is 17.7 Å². The minimum Gasteiger partial charge on any atom is -0.399 e. The van der Waals surface area contributed by atoms with Crippen molar-refractivity contribution in [3.05, 3.63) is 65.2 Å². The lowest BCUT2D eigenvalue weighted by Crippen LogP contribution is -2.41. The number of nitrogens with zero attached hydrogens (tertiary/aromatic N) is 1. The lowest BCUT2D eigenvalue weighted by atomic mass is 10.1. The lowest BCUT2D eigenvalue weighted by molar-refractivity contribution is 0.0653. The molecule has 2 aromatic carbocycles. The zero-order valence-electron chi connectivity index (χ0n) is 14.4. The molecule has 138 valence electrons. The third-order valence-corrected chi connectivity index (χ3v) is 4.12. The molecule has 0 aliphatic carbocycles. The quantitative estimate of drug-likeness (QED) is 0.419. The second-order valence-electron chi connectivity index (χ2n) is 5.99. The van der Waals surface area contributed by atoms with Crippen molar-refractivity contribution in [3.8, 4) is 0 Å². The van der Waals surface area contributed by atoms with Crippen molar-refractivity contribution in [2.45, 2.75) is 6.42 Å². The Kier molecular flexibility index (Phi) is 5.16. The average molecular weight is 366 g/mol. The Morgan fingerprint density at radius 2 is 1.52 bits per heavy atom. The highest BCUT2D eigenvalue weighted by Crippen LogP contribution is 2.22. The van der Waals surface area contributed by atoms with E-state index in [4.69, 9.17) is 5.73 Å². The molecule has 4 N–H and O–H groups in total. The molecule has 3 rings (SSSR count). The summed E-state index contributed by atoms with van der Waals surface area (Å²) in [6.45, 7) is 0.382. The molecular formula is C19H18N4O4. The van der Waals surface area contributed by atoms with Gasteiger partial charge in [0, 0.05) is 24.3 Å². The maximum absolute atomic E-state index is 12.2. The Balaban J connectivity index is 1.43. The minimum atomic E-state index is -0.654. The Morgan fingerprint density at radius 3 is 2.11 bits per heavy atom. The number of benzene rings is 2. The number of nitrogen functional groups attached to an aromatic ring is 1. The van der Waals surface area contributed by atoms with E-state index in [9.17, 15) is 19.2 Å². The van der Waals surface area contributed by atoms with Crippen LogP contribution in [-0.4, -0.2) is 41.7 Å². The van der Waals surface area contributed by atoms with E-state index in [-0.39, 0.29) is 24.9 Å². The highest BCUT2D eigenvalue weighted by atomic mass is 16.2. The van der Waals surface area contributed by atoms with E-state index in [0.717, 1.165) is 4.90 Å². The summed E-state index contributed by atoms with van der Waals surface area (Å²) in [6, 6.07) is 12.1. The third-order valence-electron chi connectivity index (χ3n) is 4.12. The number of carbonyl (C=O) groups is 4. The summed E-state index contributed by atoms with van der Waals surface area (Å²) in [5, 5.41) is 4.72. The molecule has 27 heavy (non-hydrogen) atoms. The second-order valence-corrected chi connectivity index (χ2v) is 5.99. The van der Waals surface area contributed by atoms with E-state index in [0.29, 0.717) is 28.8 Å². The van der Waals surface area contributed by atoms with Crippen LogP contribution in [0, 0.1) is 0 Å². The molecule has 0 saturated heterocycles. The van der Waals surface area contributed by atoms with Gasteiger partial charge in [-0.25, -0.2) is 4.79 Å². The van der Waals surface area contributed by atoms with Gasteiger partial charge in [0.05, 0.1) is 11.1 Å². The van der Waals surface area contributed by atoms with Gasteiger partial charge in [-0.3, -0.25) is 24.6 Å². The first-order valence-electron chi connectivity index (χ1n) is 8.37. The normalized spacial score (nSPS) is 12.7. The Labute approximate surface area is 155 Å². The summed E-state index contributed by atoms with van der Waals surface area (Å²) in [5.74, 6) is -1.22. The number of urea groups is 1. The van der Waals surface area contributed by atoms with Crippen molar-refractivity contribution in [3.63, 3.8) is 0 Å². The van der Waals surface area contributed by atoms with Gasteiger partial charge in [0.2, 0.25) is 0 Å². The van der Waals surface area contributed by atoms with E-state index in [1.165, 1.54) is 12.1 Å². The van der Waals surface area contributed by atoms with Crippen LogP contribution in [0.4, 0.5) is 10.5 Å². The number of imide groups is 2. The number of anilines is 1. The molecular weight excluding hydrogens is 348 g/mol. The van der Waals surface area contributed by atoms with Gasteiger partial charge in [-0.2, -0.15) is 0 Å². The minimum absolute atomic E-state index is 0.179. The summed E-state index contributed by atoms with van der Waals surface area (Å²) >= 11 is 0. The third kappa shape index (κ3) is 3.95. The van der Waals surface area contributed by atoms with Crippen molar-refractivity contribution < 1.29 is 19.2 Å². The number of hydrogen-bond donors (Lipinski definition) is 3. The molecule has 2 aromatic rings. The molecule has 0 atom stereocenters. The zero-order chi connectivity index (χ0) is 19.4. The molecule has 5 amide bonds. The standard InChI is InChI=1S/C19H18N4O4/c20-13-8-6-12(7-9-13)16(24)22-19(27)21-10-3-11-23-17(25)14-4-1-2-5-15(14)18(23)26/h1-2,4-9H,3,10-11,20H2,(H2,21,22,24,27). The van der Waals surface area contributed by atoms with Crippen LogP contribution in [0.1, 0.15) is 37.5 Å². The largest absolute Gasteiger partial charge is 0.399 e. The molecule has 0 fully saturated rings. The average Bonchev–Trinajstić information content (AvgIpc) is 2.90. The molecule has 0 radical (unpaired) electrons. The highest BCUT2D eigenvalue weighted by Gasteiger charge is 2.34. The zero-order valence-corrected chi connectivity index (χ0v) is 14.4. The van der Waals surface area contributed by atoms with Crippen LogP contribution in [0.5, 0.6) is 0 Å². The first-order chi connectivity index (χ1) is 13.0. The van der Waals surface area contributed by atoms with Crippen LogP contribution in [0.15, 0.2) is 48.5 Å². The van der Waals surface area contributed by atoms with Crippen LogP contribution in [0.25, 0.3) is 0 Å². The van der Waals surface area contributed by atoms with Crippen molar-refractivity contribution >= 4 is 29.4 Å². The van der Waals surface area contributed by atoms with E-state index >= 15 is 0 Å². The fourth-order valence-corrected chi connectivity index (χ4v) is 2.74. The van der Waals surface area contributed by atoms with E-state index in [2.05, 4.69) is 10.6 Å². The van der Waals surface area contributed by atoms with Crippen LogP contribution < -0.4 is 16.4 Å².